The average molecular weight is 211 g/mol. The van der Waals surface area contributed by atoms with Crippen LogP contribution in [-0.2, 0) is 4.74 Å². The summed E-state index contributed by atoms with van der Waals surface area (Å²) in [4.78, 5) is 7.83. The van der Waals surface area contributed by atoms with Gasteiger partial charge in [0, 0.05) is 11.8 Å². The predicted octanol–water partition coefficient (Wildman–Crippen LogP) is 1.17. The fourth-order valence-corrected chi connectivity index (χ4v) is 1.01. The summed E-state index contributed by atoms with van der Waals surface area (Å²) in [7, 11) is 0. The van der Waals surface area contributed by atoms with Crippen molar-refractivity contribution in [2.75, 3.05) is 18.9 Å². The highest BCUT2D eigenvalue weighted by atomic mass is 16.5. The molecule has 2 N–H and O–H groups in total. The van der Waals surface area contributed by atoms with Crippen LogP contribution in [0.4, 0.5) is 5.95 Å². The molecule has 1 rings (SSSR count). The molecule has 0 unspecified atom stereocenters. The second-order valence-corrected chi connectivity index (χ2v) is 3.48. The van der Waals surface area contributed by atoms with Crippen molar-refractivity contribution in [3.05, 3.63) is 11.8 Å². The van der Waals surface area contributed by atoms with Crippen LogP contribution >= 0.6 is 0 Å². The van der Waals surface area contributed by atoms with E-state index in [4.69, 9.17) is 15.2 Å². The summed E-state index contributed by atoms with van der Waals surface area (Å²) in [6, 6.07) is 0. The molecular weight excluding hydrogens is 194 g/mol. The first kappa shape index (κ1) is 11.7. The van der Waals surface area contributed by atoms with E-state index >= 15 is 0 Å². The summed E-state index contributed by atoms with van der Waals surface area (Å²) >= 11 is 0. The Morgan fingerprint density at radius 3 is 2.80 bits per heavy atom. The molecule has 0 spiro atoms. The van der Waals surface area contributed by atoms with Crippen LogP contribution in [0.2, 0.25) is 0 Å². The van der Waals surface area contributed by atoms with E-state index in [1.54, 1.807) is 6.20 Å². The molecular formula is C10H17N3O2. The molecule has 1 aromatic heterocycles. The molecule has 0 atom stereocenters. The Balaban J connectivity index is 2.40. The number of nitrogens with zero attached hydrogens (tertiary/aromatic N) is 2. The van der Waals surface area contributed by atoms with Crippen LogP contribution in [0.5, 0.6) is 5.88 Å². The van der Waals surface area contributed by atoms with Gasteiger partial charge in [-0.25, -0.2) is 4.98 Å². The Labute approximate surface area is 89.6 Å². The van der Waals surface area contributed by atoms with Crippen molar-refractivity contribution >= 4 is 5.95 Å². The zero-order valence-corrected chi connectivity index (χ0v) is 9.36. The molecule has 0 aliphatic carbocycles. The SMILES string of the molecule is Cc1cnc(N)nc1OCCOC(C)C. The summed E-state index contributed by atoms with van der Waals surface area (Å²) in [6.45, 7) is 6.84. The minimum atomic E-state index is 0.213. The summed E-state index contributed by atoms with van der Waals surface area (Å²) < 4.78 is 10.7. The van der Waals surface area contributed by atoms with E-state index in [1.165, 1.54) is 0 Å². The first-order valence-corrected chi connectivity index (χ1v) is 4.93. The molecule has 5 heteroatoms. The molecule has 0 saturated carbocycles. The number of hydrogen-bond acceptors (Lipinski definition) is 5. The molecule has 0 radical (unpaired) electrons. The van der Waals surface area contributed by atoms with Gasteiger partial charge in [-0.2, -0.15) is 4.98 Å². The topological polar surface area (TPSA) is 70.3 Å². The number of ether oxygens (including phenoxy) is 2. The fraction of sp³-hybridized carbons (Fsp3) is 0.600. The van der Waals surface area contributed by atoms with Gasteiger partial charge < -0.3 is 15.2 Å². The number of rotatable bonds is 5. The third-order valence-corrected chi connectivity index (χ3v) is 1.72. The van der Waals surface area contributed by atoms with E-state index in [0.29, 0.717) is 19.1 Å². The van der Waals surface area contributed by atoms with E-state index in [-0.39, 0.29) is 12.1 Å². The first-order valence-electron chi connectivity index (χ1n) is 4.93. The normalized spacial score (nSPS) is 10.7. The summed E-state index contributed by atoms with van der Waals surface area (Å²) in [5, 5.41) is 0. The maximum Gasteiger partial charge on any atom is 0.223 e. The summed E-state index contributed by atoms with van der Waals surface area (Å²) in [5.74, 6) is 0.746. The lowest BCUT2D eigenvalue weighted by Gasteiger charge is -2.10. The largest absolute Gasteiger partial charge is 0.475 e. The quantitative estimate of drug-likeness (QED) is 0.740. The lowest BCUT2D eigenvalue weighted by Crippen LogP contribution is -2.12. The van der Waals surface area contributed by atoms with Gasteiger partial charge in [-0.15, -0.1) is 0 Å². The van der Waals surface area contributed by atoms with Gasteiger partial charge in [-0.1, -0.05) is 0 Å². The highest BCUT2D eigenvalue weighted by Crippen LogP contribution is 2.13. The van der Waals surface area contributed by atoms with Crippen molar-refractivity contribution in [2.24, 2.45) is 0 Å². The Bertz CT molecular complexity index is 316. The van der Waals surface area contributed by atoms with Crippen LogP contribution < -0.4 is 10.5 Å². The van der Waals surface area contributed by atoms with E-state index < -0.39 is 0 Å². The molecule has 0 aliphatic heterocycles. The molecule has 1 heterocycles. The maximum atomic E-state index is 5.45. The minimum absolute atomic E-state index is 0.213. The third-order valence-electron chi connectivity index (χ3n) is 1.72. The van der Waals surface area contributed by atoms with E-state index in [2.05, 4.69) is 9.97 Å². The number of hydrogen-bond donors (Lipinski definition) is 1. The van der Waals surface area contributed by atoms with E-state index in [0.717, 1.165) is 5.56 Å². The lowest BCUT2D eigenvalue weighted by molar-refractivity contribution is 0.0541. The fourth-order valence-electron chi connectivity index (χ4n) is 1.01. The number of anilines is 1. The standard InChI is InChI=1S/C10H17N3O2/c1-7(2)14-4-5-15-9-8(3)6-12-10(11)13-9/h6-7H,4-5H2,1-3H3,(H2,11,12,13). The zero-order chi connectivity index (χ0) is 11.3. The van der Waals surface area contributed by atoms with Crippen LogP contribution in [0.3, 0.4) is 0 Å². The second-order valence-electron chi connectivity index (χ2n) is 3.48. The number of nitrogens with two attached hydrogens (primary N) is 1. The molecule has 5 nitrogen and oxygen atoms in total. The molecule has 0 bridgehead atoms. The van der Waals surface area contributed by atoms with Crippen LogP contribution in [0, 0.1) is 6.92 Å². The van der Waals surface area contributed by atoms with Gasteiger partial charge in [0.05, 0.1) is 12.7 Å². The number of nitrogen functional groups attached to an aromatic ring is 1. The Morgan fingerprint density at radius 1 is 1.40 bits per heavy atom. The molecule has 0 aromatic carbocycles. The van der Waals surface area contributed by atoms with Gasteiger partial charge >= 0.3 is 0 Å². The van der Waals surface area contributed by atoms with Gasteiger partial charge in [-0.05, 0) is 20.8 Å². The molecule has 1 aromatic rings. The van der Waals surface area contributed by atoms with Gasteiger partial charge in [0.15, 0.2) is 0 Å². The van der Waals surface area contributed by atoms with Crippen molar-refractivity contribution in [3.8, 4) is 5.88 Å². The first-order chi connectivity index (χ1) is 7.09. The summed E-state index contributed by atoms with van der Waals surface area (Å²) in [6.07, 6.45) is 1.85. The van der Waals surface area contributed by atoms with Crippen LogP contribution in [0.1, 0.15) is 19.4 Å². The Kier molecular flexibility index (Phi) is 4.30. The average Bonchev–Trinajstić information content (AvgIpc) is 2.17. The van der Waals surface area contributed by atoms with Crippen LogP contribution in [0.15, 0.2) is 6.20 Å². The maximum absolute atomic E-state index is 5.45. The van der Waals surface area contributed by atoms with Gasteiger partial charge in [0.2, 0.25) is 11.8 Å². The Hall–Kier alpha value is -1.36. The smallest absolute Gasteiger partial charge is 0.223 e. The molecule has 0 saturated heterocycles. The number of aryl methyl sites for hydroxylation is 1. The highest BCUT2D eigenvalue weighted by Gasteiger charge is 2.02. The monoisotopic (exact) mass is 211 g/mol. The third kappa shape index (κ3) is 4.12. The molecule has 15 heavy (non-hydrogen) atoms. The predicted molar refractivity (Wildman–Crippen MR) is 57.8 cm³/mol. The Morgan fingerprint density at radius 2 is 2.13 bits per heavy atom. The van der Waals surface area contributed by atoms with Gasteiger partial charge in [-0.3, -0.25) is 0 Å². The van der Waals surface area contributed by atoms with Crippen LogP contribution in [-0.4, -0.2) is 29.3 Å². The molecule has 84 valence electrons. The van der Waals surface area contributed by atoms with Crippen molar-refractivity contribution in [1.82, 2.24) is 9.97 Å². The second kappa shape index (κ2) is 5.50. The van der Waals surface area contributed by atoms with Crippen molar-refractivity contribution in [3.63, 3.8) is 0 Å². The molecule has 0 fully saturated rings. The van der Waals surface area contributed by atoms with Crippen molar-refractivity contribution < 1.29 is 9.47 Å². The van der Waals surface area contributed by atoms with E-state index in [9.17, 15) is 0 Å². The minimum Gasteiger partial charge on any atom is -0.475 e. The van der Waals surface area contributed by atoms with E-state index in [1.807, 2.05) is 20.8 Å². The highest BCUT2D eigenvalue weighted by molar-refractivity contribution is 5.28. The van der Waals surface area contributed by atoms with Gasteiger partial charge in [0.25, 0.3) is 0 Å². The molecule has 0 aliphatic rings. The van der Waals surface area contributed by atoms with Gasteiger partial charge in [0.1, 0.15) is 6.61 Å². The lowest BCUT2D eigenvalue weighted by atomic mass is 10.4. The zero-order valence-electron chi connectivity index (χ0n) is 9.36. The van der Waals surface area contributed by atoms with Crippen molar-refractivity contribution in [1.29, 1.82) is 0 Å². The summed E-state index contributed by atoms with van der Waals surface area (Å²) in [5.41, 5.74) is 6.32. The van der Waals surface area contributed by atoms with Crippen LogP contribution in [0.25, 0.3) is 0 Å². The number of aromatic nitrogens is 2. The molecule has 0 amide bonds. The van der Waals surface area contributed by atoms with Crippen molar-refractivity contribution in [2.45, 2.75) is 26.9 Å².